The zero-order valence-corrected chi connectivity index (χ0v) is 20.9. The summed E-state index contributed by atoms with van der Waals surface area (Å²) < 4.78 is 0. The maximum Gasteiger partial charge on any atom is 0.239 e. The van der Waals surface area contributed by atoms with E-state index in [0.717, 1.165) is 32.2 Å². The zero-order chi connectivity index (χ0) is 24.3. The van der Waals surface area contributed by atoms with Gasteiger partial charge in [0, 0.05) is 31.2 Å². The third-order valence-corrected chi connectivity index (χ3v) is 8.64. The number of carbonyl (C=O) groups excluding carboxylic acids is 2. The van der Waals surface area contributed by atoms with Gasteiger partial charge >= 0.3 is 0 Å². The van der Waals surface area contributed by atoms with E-state index in [9.17, 15) is 14.7 Å². The number of aliphatic hydroxyl groups excluding tert-OH is 1. The van der Waals surface area contributed by atoms with Crippen molar-refractivity contribution in [2.24, 2.45) is 5.92 Å². The normalized spacial score (nSPS) is 30.4. The fourth-order valence-corrected chi connectivity index (χ4v) is 6.20. The molecule has 1 heterocycles. The first-order valence-electron chi connectivity index (χ1n) is 12.7. The lowest BCUT2D eigenvalue weighted by Gasteiger charge is -2.52. The molecule has 1 aliphatic heterocycles. The quantitative estimate of drug-likeness (QED) is 0.530. The fourth-order valence-electron chi connectivity index (χ4n) is 6.20. The Labute approximate surface area is 203 Å². The molecule has 3 aliphatic rings. The Morgan fingerprint density at radius 1 is 1.09 bits per heavy atom. The van der Waals surface area contributed by atoms with Crippen LogP contribution >= 0.6 is 0 Å². The van der Waals surface area contributed by atoms with Crippen LogP contribution in [0.5, 0.6) is 0 Å². The van der Waals surface area contributed by atoms with Gasteiger partial charge in [0.15, 0.2) is 6.35 Å². The van der Waals surface area contributed by atoms with Crippen LogP contribution in [0.2, 0.25) is 0 Å². The maximum absolute atomic E-state index is 12.5. The van der Waals surface area contributed by atoms with Crippen molar-refractivity contribution >= 4 is 11.8 Å². The van der Waals surface area contributed by atoms with Gasteiger partial charge in [0.2, 0.25) is 11.8 Å². The first kappa shape index (κ1) is 25.1. The van der Waals surface area contributed by atoms with Crippen molar-refractivity contribution in [2.75, 3.05) is 47.3 Å². The van der Waals surface area contributed by atoms with E-state index < -0.39 is 6.35 Å². The van der Waals surface area contributed by atoms with Crippen molar-refractivity contribution in [1.29, 1.82) is 0 Å². The molecule has 2 saturated carbocycles. The van der Waals surface area contributed by atoms with Gasteiger partial charge in [-0.3, -0.25) is 24.3 Å². The average Bonchev–Trinajstić information content (AvgIpc) is 3.05. The van der Waals surface area contributed by atoms with Crippen LogP contribution in [0.3, 0.4) is 0 Å². The topological polar surface area (TPSA) is 88.2 Å². The minimum atomic E-state index is -0.769. The fraction of sp³-hybridized carbons (Fsp3) is 0.692. The molecule has 1 unspecified atom stereocenters. The van der Waals surface area contributed by atoms with Crippen LogP contribution < -0.4 is 10.6 Å². The summed E-state index contributed by atoms with van der Waals surface area (Å²) in [4.78, 5) is 30.6. The summed E-state index contributed by atoms with van der Waals surface area (Å²) in [6, 6.07) is 10.8. The molecule has 1 saturated heterocycles. The lowest BCUT2D eigenvalue weighted by Crippen LogP contribution is -2.57. The Morgan fingerprint density at radius 3 is 2.32 bits per heavy atom. The summed E-state index contributed by atoms with van der Waals surface area (Å²) in [6.45, 7) is 1.61. The Balaban J connectivity index is 1.50. The molecule has 0 bridgehead atoms. The van der Waals surface area contributed by atoms with Gasteiger partial charge in [0.05, 0.1) is 13.1 Å². The van der Waals surface area contributed by atoms with Crippen LogP contribution in [-0.2, 0) is 15.1 Å². The van der Waals surface area contributed by atoms with Crippen LogP contribution in [-0.4, -0.2) is 90.8 Å². The van der Waals surface area contributed by atoms with Gasteiger partial charge in [0.25, 0.3) is 0 Å². The molecule has 8 nitrogen and oxygen atoms in total. The smallest absolute Gasteiger partial charge is 0.239 e. The highest BCUT2D eigenvalue weighted by Gasteiger charge is 2.55. The summed E-state index contributed by atoms with van der Waals surface area (Å²) >= 11 is 0. The largest absolute Gasteiger partial charge is 0.365 e. The highest BCUT2D eigenvalue weighted by atomic mass is 16.3. The first-order valence-corrected chi connectivity index (χ1v) is 12.7. The summed E-state index contributed by atoms with van der Waals surface area (Å²) in [6.07, 6.45) is 6.90. The third-order valence-electron chi connectivity index (χ3n) is 8.64. The molecule has 1 aromatic carbocycles. The van der Waals surface area contributed by atoms with Crippen LogP contribution in [0.25, 0.3) is 0 Å². The standard InChI is InChI=1S/C26H41N5O3/c1-27-22(32)16-28-23(33)18-30-19-25(31(24(30)34)17-20-8-7-9-20)12-14-26(15-13-25,29(2)3)21-10-5-4-6-11-21/h4-6,10-11,20,24,34H,7-9,12-19H2,1-3H3,(H,27,32)(H,28,33). The summed E-state index contributed by atoms with van der Waals surface area (Å²) in [5.74, 6) is 0.167. The zero-order valence-electron chi connectivity index (χ0n) is 20.9. The molecular formula is C26H41N5O3. The van der Waals surface area contributed by atoms with E-state index in [1.165, 1.54) is 24.8 Å². The van der Waals surface area contributed by atoms with Crippen LogP contribution in [0, 0.1) is 5.92 Å². The van der Waals surface area contributed by atoms with E-state index in [2.05, 4.69) is 64.9 Å². The second kappa shape index (κ2) is 10.3. The number of carbonyl (C=O) groups is 2. The molecule has 3 N–H and O–H groups in total. The van der Waals surface area contributed by atoms with Crippen molar-refractivity contribution in [1.82, 2.24) is 25.3 Å². The van der Waals surface area contributed by atoms with Crippen LogP contribution in [0.4, 0.5) is 0 Å². The molecule has 188 valence electrons. The van der Waals surface area contributed by atoms with E-state index in [0.29, 0.717) is 12.5 Å². The molecule has 3 fully saturated rings. The minimum absolute atomic E-state index is 0.0160. The molecule has 8 heteroatoms. The van der Waals surface area contributed by atoms with Gasteiger partial charge < -0.3 is 15.7 Å². The Morgan fingerprint density at radius 2 is 1.76 bits per heavy atom. The Kier molecular flexibility index (Phi) is 7.62. The summed E-state index contributed by atoms with van der Waals surface area (Å²) in [5.41, 5.74) is 1.20. The number of likely N-dealkylation sites (N-methyl/N-ethyl adjacent to an activating group) is 1. The predicted octanol–water partition coefficient (Wildman–Crippen LogP) is 1.31. The van der Waals surface area contributed by atoms with Crippen molar-refractivity contribution < 1.29 is 14.7 Å². The third kappa shape index (κ3) is 4.87. The van der Waals surface area contributed by atoms with Gasteiger partial charge in [-0.15, -0.1) is 0 Å². The minimum Gasteiger partial charge on any atom is -0.365 e. The van der Waals surface area contributed by atoms with Crippen molar-refractivity contribution in [3.8, 4) is 0 Å². The van der Waals surface area contributed by atoms with Gasteiger partial charge in [-0.05, 0) is 64.1 Å². The van der Waals surface area contributed by atoms with Gasteiger partial charge in [-0.25, -0.2) is 0 Å². The number of hydrogen-bond donors (Lipinski definition) is 3. The van der Waals surface area contributed by atoms with Crippen molar-refractivity contribution in [2.45, 2.75) is 62.4 Å². The number of hydrogen-bond acceptors (Lipinski definition) is 6. The number of rotatable bonds is 8. The lowest BCUT2D eigenvalue weighted by atomic mass is 9.68. The van der Waals surface area contributed by atoms with Crippen molar-refractivity contribution in [3.63, 3.8) is 0 Å². The molecular weight excluding hydrogens is 430 g/mol. The van der Waals surface area contributed by atoms with E-state index >= 15 is 0 Å². The highest BCUT2D eigenvalue weighted by molar-refractivity contribution is 5.85. The van der Waals surface area contributed by atoms with Crippen LogP contribution in [0.15, 0.2) is 30.3 Å². The Hall–Kier alpha value is -2.00. The number of amides is 2. The predicted molar refractivity (Wildman–Crippen MR) is 132 cm³/mol. The van der Waals surface area contributed by atoms with E-state index in [1.54, 1.807) is 7.05 Å². The SMILES string of the molecule is CNC(=O)CNC(=O)CN1CC2(CCC(c3ccccc3)(N(C)C)CC2)N(CC2CCC2)C1O. The second-order valence-corrected chi connectivity index (χ2v) is 10.7. The molecule has 1 aromatic rings. The average molecular weight is 472 g/mol. The first-order chi connectivity index (χ1) is 16.3. The van der Waals surface area contributed by atoms with Gasteiger partial charge in [0.1, 0.15) is 0 Å². The second-order valence-electron chi connectivity index (χ2n) is 10.7. The lowest BCUT2D eigenvalue weighted by molar-refractivity contribution is -0.132. The number of aliphatic hydroxyl groups is 1. The molecule has 1 spiro atoms. The molecule has 1 atom stereocenters. The Bertz CT molecular complexity index is 849. The molecule has 2 amide bonds. The molecule has 2 aliphatic carbocycles. The van der Waals surface area contributed by atoms with Gasteiger partial charge in [-0.1, -0.05) is 36.8 Å². The molecule has 0 aromatic heterocycles. The maximum atomic E-state index is 12.5. The van der Waals surface area contributed by atoms with E-state index in [4.69, 9.17) is 0 Å². The van der Waals surface area contributed by atoms with Crippen LogP contribution in [0.1, 0.15) is 50.5 Å². The van der Waals surface area contributed by atoms with E-state index in [-0.39, 0.29) is 36.0 Å². The highest BCUT2D eigenvalue weighted by Crippen LogP contribution is 2.50. The molecule has 0 radical (unpaired) electrons. The number of benzene rings is 1. The molecule has 34 heavy (non-hydrogen) atoms. The number of nitrogens with zero attached hydrogens (tertiary/aromatic N) is 3. The summed E-state index contributed by atoms with van der Waals surface area (Å²) in [5, 5.41) is 16.5. The van der Waals surface area contributed by atoms with Gasteiger partial charge in [-0.2, -0.15) is 0 Å². The summed E-state index contributed by atoms with van der Waals surface area (Å²) in [7, 11) is 5.89. The van der Waals surface area contributed by atoms with Crippen molar-refractivity contribution in [3.05, 3.63) is 35.9 Å². The monoisotopic (exact) mass is 471 g/mol. The number of nitrogens with one attached hydrogen (secondary N) is 2. The molecule has 4 rings (SSSR count). The van der Waals surface area contributed by atoms with E-state index in [1.807, 2.05) is 4.90 Å².